The molecule has 0 aliphatic rings. The molecule has 24 heavy (non-hydrogen) atoms. The van der Waals surface area contributed by atoms with Crippen molar-refractivity contribution in [2.24, 2.45) is 0 Å². The molecule has 0 N–H and O–H groups in total. The zero-order valence-electron chi connectivity index (χ0n) is 14.7. The van der Waals surface area contributed by atoms with Crippen LogP contribution in [0.1, 0.15) is 74.7 Å². The number of alkyl halides is 3. The number of carbonyl (C=O) groups is 1. The largest absolute Gasteiger partial charge is 0.416 e. The first-order chi connectivity index (χ1) is 11.4. The van der Waals surface area contributed by atoms with Crippen molar-refractivity contribution in [1.29, 1.82) is 0 Å². The molecule has 1 aromatic rings. The van der Waals surface area contributed by atoms with E-state index in [0.29, 0.717) is 13.1 Å². The van der Waals surface area contributed by atoms with E-state index < -0.39 is 11.7 Å². The van der Waals surface area contributed by atoms with Gasteiger partial charge in [0.2, 0.25) is 0 Å². The van der Waals surface area contributed by atoms with E-state index in [0.717, 1.165) is 31.4 Å². The average Bonchev–Trinajstić information content (AvgIpc) is 2.56. The zero-order chi connectivity index (χ0) is 18.0. The van der Waals surface area contributed by atoms with E-state index in [2.05, 4.69) is 6.92 Å². The standard InChI is InChI=1S/C19H28F3NO/c1-3-5-6-7-8-9-10-14-23(4-2)18(24)16-12-11-13-17(15-16)19(20,21)22/h11-13,15H,3-10,14H2,1-2H3. The van der Waals surface area contributed by atoms with E-state index in [1.165, 1.54) is 37.8 Å². The molecule has 1 aromatic carbocycles. The lowest BCUT2D eigenvalue weighted by Gasteiger charge is -2.21. The molecule has 0 aliphatic heterocycles. The molecule has 0 aliphatic carbocycles. The van der Waals surface area contributed by atoms with Gasteiger partial charge in [0.1, 0.15) is 0 Å². The number of hydrogen-bond acceptors (Lipinski definition) is 1. The molecule has 1 amide bonds. The number of amides is 1. The van der Waals surface area contributed by atoms with E-state index >= 15 is 0 Å². The van der Waals surface area contributed by atoms with Crippen molar-refractivity contribution >= 4 is 5.91 Å². The van der Waals surface area contributed by atoms with Gasteiger partial charge >= 0.3 is 6.18 Å². The fraction of sp³-hybridized carbons (Fsp3) is 0.632. The Morgan fingerprint density at radius 2 is 1.62 bits per heavy atom. The molecule has 0 bridgehead atoms. The number of unbranched alkanes of at least 4 members (excludes halogenated alkanes) is 6. The van der Waals surface area contributed by atoms with E-state index in [1.54, 1.807) is 4.90 Å². The van der Waals surface area contributed by atoms with Crippen molar-refractivity contribution in [3.63, 3.8) is 0 Å². The highest BCUT2D eigenvalue weighted by atomic mass is 19.4. The van der Waals surface area contributed by atoms with Gasteiger partial charge in [0, 0.05) is 18.7 Å². The van der Waals surface area contributed by atoms with Crippen LogP contribution in [0.25, 0.3) is 0 Å². The highest BCUT2D eigenvalue weighted by Gasteiger charge is 2.31. The molecule has 0 spiro atoms. The van der Waals surface area contributed by atoms with E-state index in [-0.39, 0.29) is 11.5 Å². The van der Waals surface area contributed by atoms with E-state index in [4.69, 9.17) is 0 Å². The predicted molar refractivity (Wildman–Crippen MR) is 91.0 cm³/mol. The SMILES string of the molecule is CCCCCCCCCN(CC)C(=O)c1cccc(C(F)(F)F)c1. The molecule has 0 aromatic heterocycles. The second-order valence-corrected chi connectivity index (χ2v) is 6.08. The molecule has 0 unspecified atom stereocenters. The second-order valence-electron chi connectivity index (χ2n) is 6.08. The Morgan fingerprint density at radius 3 is 2.21 bits per heavy atom. The third kappa shape index (κ3) is 6.93. The summed E-state index contributed by atoms with van der Waals surface area (Å²) in [7, 11) is 0. The van der Waals surface area contributed by atoms with Crippen LogP contribution in [0.2, 0.25) is 0 Å². The third-order valence-corrected chi connectivity index (χ3v) is 4.14. The third-order valence-electron chi connectivity index (χ3n) is 4.14. The average molecular weight is 343 g/mol. The van der Waals surface area contributed by atoms with Crippen molar-refractivity contribution in [2.45, 2.75) is 65.0 Å². The number of benzene rings is 1. The summed E-state index contributed by atoms with van der Waals surface area (Å²) in [4.78, 5) is 14.0. The summed E-state index contributed by atoms with van der Waals surface area (Å²) in [5.41, 5.74) is -0.671. The van der Waals surface area contributed by atoms with Crippen LogP contribution in [0.15, 0.2) is 24.3 Å². The van der Waals surface area contributed by atoms with Crippen LogP contribution in [0.5, 0.6) is 0 Å². The van der Waals surface area contributed by atoms with Gasteiger partial charge in [-0.15, -0.1) is 0 Å². The first kappa shape index (κ1) is 20.5. The Kier molecular flexibility index (Phi) is 8.87. The zero-order valence-corrected chi connectivity index (χ0v) is 14.7. The Bertz CT molecular complexity index is 500. The first-order valence-electron chi connectivity index (χ1n) is 8.86. The van der Waals surface area contributed by atoms with Crippen molar-refractivity contribution in [2.75, 3.05) is 13.1 Å². The van der Waals surface area contributed by atoms with Gasteiger partial charge in [0.05, 0.1) is 5.56 Å². The van der Waals surface area contributed by atoms with Gasteiger partial charge in [0.15, 0.2) is 0 Å². The maximum Gasteiger partial charge on any atom is 0.416 e. The summed E-state index contributed by atoms with van der Waals surface area (Å²) in [6.07, 6.45) is 3.60. The predicted octanol–water partition coefficient (Wildman–Crippen LogP) is 5.92. The van der Waals surface area contributed by atoms with Gasteiger partial charge in [-0.3, -0.25) is 4.79 Å². The van der Waals surface area contributed by atoms with Crippen LogP contribution >= 0.6 is 0 Å². The molecule has 0 heterocycles. The van der Waals surface area contributed by atoms with E-state index in [9.17, 15) is 18.0 Å². The van der Waals surface area contributed by atoms with Crippen LogP contribution in [0, 0.1) is 0 Å². The lowest BCUT2D eigenvalue weighted by atomic mass is 10.1. The van der Waals surface area contributed by atoms with Crippen LogP contribution < -0.4 is 0 Å². The molecule has 2 nitrogen and oxygen atoms in total. The van der Waals surface area contributed by atoms with Crippen LogP contribution in [0.3, 0.4) is 0 Å². The molecule has 136 valence electrons. The number of hydrogen-bond donors (Lipinski definition) is 0. The summed E-state index contributed by atoms with van der Waals surface area (Å²) >= 11 is 0. The summed E-state index contributed by atoms with van der Waals surface area (Å²) < 4.78 is 38.3. The maximum atomic E-state index is 12.8. The van der Waals surface area contributed by atoms with Crippen LogP contribution in [-0.4, -0.2) is 23.9 Å². The second kappa shape index (κ2) is 10.4. The quantitative estimate of drug-likeness (QED) is 0.483. The van der Waals surface area contributed by atoms with E-state index in [1.807, 2.05) is 6.92 Å². The summed E-state index contributed by atoms with van der Waals surface area (Å²) in [5.74, 6) is -0.324. The highest BCUT2D eigenvalue weighted by molar-refractivity contribution is 5.94. The summed E-state index contributed by atoms with van der Waals surface area (Å²) in [6.45, 7) is 5.13. The van der Waals surface area contributed by atoms with Gasteiger partial charge in [-0.05, 0) is 31.5 Å². The minimum absolute atomic E-state index is 0.106. The van der Waals surface area contributed by atoms with Crippen molar-refractivity contribution in [1.82, 2.24) is 4.90 Å². The van der Waals surface area contributed by atoms with Gasteiger partial charge < -0.3 is 4.90 Å². The lowest BCUT2D eigenvalue weighted by molar-refractivity contribution is -0.137. The normalized spacial score (nSPS) is 11.5. The maximum absolute atomic E-state index is 12.8. The van der Waals surface area contributed by atoms with Gasteiger partial charge in [-0.25, -0.2) is 0 Å². The minimum atomic E-state index is -4.42. The number of nitrogens with zero attached hydrogens (tertiary/aromatic N) is 1. The molecule has 5 heteroatoms. The Morgan fingerprint density at radius 1 is 1.00 bits per heavy atom. The number of carbonyl (C=O) groups excluding carboxylic acids is 1. The fourth-order valence-electron chi connectivity index (χ4n) is 2.67. The van der Waals surface area contributed by atoms with Gasteiger partial charge in [0.25, 0.3) is 5.91 Å². The summed E-state index contributed by atoms with van der Waals surface area (Å²) in [5, 5.41) is 0. The topological polar surface area (TPSA) is 20.3 Å². The molecule has 0 atom stereocenters. The number of rotatable bonds is 10. The molecule has 1 rings (SSSR count). The van der Waals surface area contributed by atoms with Crippen LogP contribution in [0.4, 0.5) is 13.2 Å². The highest BCUT2D eigenvalue weighted by Crippen LogP contribution is 2.29. The molecule has 0 fully saturated rings. The molecular weight excluding hydrogens is 315 g/mol. The minimum Gasteiger partial charge on any atom is -0.339 e. The first-order valence-corrected chi connectivity index (χ1v) is 8.86. The van der Waals surface area contributed by atoms with Crippen LogP contribution in [-0.2, 0) is 6.18 Å². The Hall–Kier alpha value is -1.52. The smallest absolute Gasteiger partial charge is 0.339 e. The molecule has 0 saturated heterocycles. The number of halogens is 3. The molecule has 0 radical (unpaired) electrons. The van der Waals surface area contributed by atoms with Crippen molar-refractivity contribution in [3.05, 3.63) is 35.4 Å². The molecular formula is C19H28F3NO. The fourth-order valence-corrected chi connectivity index (χ4v) is 2.67. The monoisotopic (exact) mass is 343 g/mol. The lowest BCUT2D eigenvalue weighted by Crippen LogP contribution is -2.32. The Balaban J connectivity index is 2.52. The van der Waals surface area contributed by atoms with Gasteiger partial charge in [-0.2, -0.15) is 13.2 Å². The summed E-state index contributed by atoms with van der Waals surface area (Å²) in [6, 6.07) is 4.67. The van der Waals surface area contributed by atoms with Crippen molar-refractivity contribution in [3.8, 4) is 0 Å². The van der Waals surface area contributed by atoms with Crippen molar-refractivity contribution < 1.29 is 18.0 Å². The Labute approximate surface area is 143 Å². The molecule has 0 saturated carbocycles. The van der Waals surface area contributed by atoms with Gasteiger partial charge in [-0.1, -0.05) is 51.5 Å².